The molecule has 0 radical (unpaired) electrons. The van der Waals surface area contributed by atoms with Crippen molar-refractivity contribution in [2.75, 3.05) is 19.6 Å². The maximum absolute atomic E-state index is 12.5. The first-order chi connectivity index (χ1) is 14.3. The van der Waals surface area contributed by atoms with E-state index in [4.69, 9.17) is 10.1 Å². The maximum atomic E-state index is 12.5. The number of likely N-dealkylation sites (tertiary alicyclic amines) is 1. The van der Waals surface area contributed by atoms with Crippen molar-refractivity contribution in [1.29, 1.82) is 5.26 Å². The Bertz CT molecular complexity index is 790. The predicted octanol–water partition coefficient (Wildman–Crippen LogP) is 2.94. The smallest absolute Gasteiger partial charge is 0.441 e. The Labute approximate surface area is 177 Å². The first-order valence-corrected chi connectivity index (χ1v) is 10.5. The molecule has 3 rings (SSSR count). The lowest BCUT2D eigenvalue weighted by Crippen LogP contribution is -2.58. The Hall–Kier alpha value is -2.79. The van der Waals surface area contributed by atoms with E-state index in [9.17, 15) is 14.7 Å². The third kappa shape index (κ3) is 5.03. The fraction of sp³-hybridized carbons (Fsp3) is 0.591. The molecule has 2 amide bonds. The van der Waals surface area contributed by atoms with Crippen LogP contribution >= 0.6 is 0 Å². The Morgan fingerprint density at radius 1 is 1.20 bits per heavy atom. The van der Waals surface area contributed by atoms with Crippen LogP contribution in [0.15, 0.2) is 24.3 Å². The molecule has 3 unspecified atom stereocenters. The van der Waals surface area contributed by atoms with E-state index in [1.807, 2.05) is 17.9 Å². The van der Waals surface area contributed by atoms with Crippen molar-refractivity contribution in [2.24, 2.45) is 5.92 Å². The molecule has 1 aromatic carbocycles. The molecule has 8 nitrogen and oxygen atoms in total. The van der Waals surface area contributed by atoms with Gasteiger partial charge in [0.25, 0.3) is 0 Å². The van der Waals surface area contributed by atoms with Crippen LogP contribution in [0.2, 0.25) is 0 Å². The van der Waals surface area contributed by atoms with Gasteiger partial charge in [0.1, 0.15) is 0 Å². The van der Waals surface area contributed by atoms with Crippen LogP contribution in [0.5, 0.6) is 5.75 Å². The number of carboxylic acid groups (broad SMARTS) is 1. The van der Waals surface area contributed by atoms with Gasteiger partial charge in [0, 0.05) is 38.1 Å². The van der Waals surface area contributed by atoms with Crippen LogP contribution < -0.4 is 4.84 Å². The van der Waals surface area contributed by atoms with Crippen LogP contribution in [0.4, 0.5) is 4.79 Å². The van der Waals surface area contributed by atoms with Gasteiger partial charge in [-0.15, -0.1) is 5.06 Å². The van der Waals surface area contributed by atoms with Crippen molar-refractivity contribution in [2.45, 2.75) is 58.2 Å². The maximum Gasteiger partial charge on any atom is 0.441 e. The molecule has 2 fully saturated rings. The Kier molecular flexibility index (Phi) is 6.83. The van der Waals surface area contributed by atoms with Crippen LogP contribution in [0.25, 0.3) is 0 Å². The van der Waals surface area contributed by atoms with Crippen LogP contribution in [-0.4, -0.2) is 69.7 Å². The van der Waals surface area contributed by atoms with E-state index in [0.29, 0.717) is 43.3 Å². The minimum atomic E-state index is -1.16. The lowest BCUT2D eigenvalue weighted by Gasteiger charge is -2.43. The molecular weight excluding hydrogens is 384 g/mol. The second-order valence-corrected chi connectivity index (χ2v) is 8.66. The van der Waals surface area contributed by atoms with E-state index in [2.05, 4.69) is 18.7 Å². The molecule has 1 N–H and O–H groups in total. The van der Waals surface area contributed by atoms with E-state index in [0.717, 1.165) is 17.9 Å². The molecule has 3 atom stereocenters. The van der Waals surface area contributed by atoms with Gasteiger partial charge in [0.05, 0.1) is 17.7 Å². The molecule has 0 aromatic heterocycles. The summed E-state index contributed by atoms with van der Waals surface area (Å²) in [7, 11) is 0. The normalized spacial score (nSPS) is 21.9. The van der Waals surface area contributed by atoms with Gasteiger partial charge in [-0.1, -0.05) is 13.8 Å². The number of hydrogen-bond acceptors (Lipinski definition) is 5. The van der Waals surface area contributed by atoms with Crippen LogP contribution in [0.3, 0.4) is 0 Å². The second-order valence-electron chi connectivity index (χ2n) is 8.66. The van der Waals surface area contributed by atoms with Gasteiger partial charge in [-0.3, -0.25) is 9.69 Å². The number of amides is 2. The number of carbonyl (C=O) groups excluding carboxylic acids is 1. The SMILES string of the molecule is CC(C)CC(=O)N1CC2CCC(C1)N2CC(C)N(Oc1ccc(C#N)cc1)C(=O)O. The zero-order chi connectivity index (χ0) is 21.8. The molecular formula is C22H30N4O4. The van der Waals surface area contributed by atoms with Crippen LogP contribution in [0, 0.1) is 17.2 Å². The summed E-state index contributed by atoms with van der Waals surface area (Å²) < 4.78 is 0. The highest BCUT2D eigenvalue weighted by molar-refractivity contribution is 5.76. The third-order valence-corrected chi connectivity index (χ3v) is 5.82. The molecule has 0 spiro atoms. The second kappa shape index (κ2) is 9.35. The van der Waals surface area contributed by atoms with Crippen molar-refractivity contribution in [1.82, 2.24) is 14.9 Å². The first kappa shape index (κ1) is 21.9. The van der Waals surface area contributed by atoms with E-state index < -0.39 is 6.09 Å². The summed E-state index contributed by atoms with van der Waals surface area (Å²) in [6.07, 6.45) is 1.45. The molecule has 0 aliphatic carbocycles. The number of carbonyl (C=O) groups is 2. The molecule has 2 saturated heterocycles. The zero-order valence-electron chi connectivity index (χ0n) is 17.8. The Balaban J connectivity index is 1.62. The van der Waals surface area contributed by atoms with Crippen molar-refractivity contribution >= 4 is 12.0 Å². The molecule has 2 aliphatic rings. The number of nitriles is 1. The molecule has 0 saturated carbocycles. The van der Waals surface area contributed by atoms with Crippen LogP contribution in [-0.2, 0) is 4.79 Å². The number of piperazine rings is 1. The first-order valence-electron chi connectivity index (χ1n) is 10.5. The number of hydroxylamine groups is 2. The monoisotopic (exact) mass is 414 g/mol. The lowest BCUT2D eigenvalue weighted by molar-refractivity contribution is -0.136. The molecule has 2 aliphatic heterocycles. The highest BCUT2D eigenvalue weighted by Crippen LogP contribution is 2.31. The molecule has 2 bridgehead atoms. The lowest BCUT2D eigenvalue weighted by atomic mass is 10.1. The van der Waals surface area contributed by atoms with Gasteiger partial charge < -0.3 is 14.8 Å². The summed E-state index contributed by atoms with van der Waals surface area (Å²) in [5.41, 5.74) is 0.485. The van der Waals surface area contributed by atoms with Gasteiger partial charge in [-0.25, -0.2) is 4.79 Å². The fourth-order valence-electron chi connectivity index (χ4n) is 4.37. The van der Waals surface area contributed by atoms with Gasteiger partial charge in [-0.05, 0) is 49.9 Å². The van der Waals surface area contributed by atoms with E-state index in [1.165, 1.54) is 0 Å². The largest absolute Gasteiger partial charge is 0.463 e. The fourth-order valence-corrected chi connectivity index (χ4v) is 4.37. The molecule has 30 heavy (non-hydrogen) atoms. The number of hydrogen-bond donors (Lipinski definition) is 1. The molecule has 8 heteroatoms. The summed E-state index contributed by atoms with van der Waals surface area (Å²) in [6.45, 7) is 7.89. The minimum Gasteiger partial charge on any atom is -0.463 e. The van der Waals surface area contributed by atoms with Crippen molar-refractivity contribution < 1.29 is 19.5 Å². The Morgan fingerprint density at radius 2 is 1.80 bits per heavy atom. The third-order valence-electron chi connectivity index (χ3n) is 5.82. The van der Waals surface area contributed by atoms with E-state index >= 15 is 0 Å². The van der Waals surface area contributed by atoms with E-state index in [1.54, 1.807) is 24.3 Å². The number of fused-ring (bicyclic) bond motifs is 2. The van der Waals surface area contributed by atoms with Gasteiger partial charge in [0.2, 0.25) is 5.91 Å². The number of nitrogens with zero attached hydrogens (tertiary/aromatic N) is 4. The number of rotatable bonds is 7. The van der Waals surface area contributed by atoms with E-state index in [-0.39, 0.29) is 24.0 Å². The average molecular weight is 415 g/mol. The van der Waals surface area contributed by atoms with Crippen molar-refractivity contribution in [3.63, 3.8) is 0 Å². The summed E-state index contributed by atoms with van der Waals surface area (Å²) in [4.78, 5) is 34.2. The zero-order valence-corrected chi connectivity index (χ0v) is 17.8. The summed E-state index contributed by atoms with van der Waals surface area (Å²) in [6, 6.07) is 8.51. The summed E-state index contributed by atoms with van der Waals surface area (Å²) in [5.74, 6) is 0.929. The number of benzene rings is 1. The summed E-state index contributed by atoms with van der Waals surface area (Å²) in [5, 5.41) is 19.5. The average Bonchev–Trinajstić information content (AvgIpc) is 2.92. The predicted molar refractivity (Wildman–Crippen MR) is 111 cm³/mol. The molecule has 1 aromatic rings. The molecule has 2 heterocycles. The summed E-state index contributed by atoms with van der Waals surface area (Å²) >= 11 is 0. The quantitative estimate of drug-likeness (QED) is 0.689. The van der Waals surface area contributed by atoms with Gasteiger partial charge >= 0.3 is 6.09 Å². The van der Waals surface area contributed by atoms with Crippen molar-refractivity contribution in [3.8, 4) is 11.8 Å². The van der Waals surface area contributed by atoms with Crippen LogP contribution in [0.1, 0.15) is 45.6 Å². The van der Waals surface area contributed by atoms with Crippen molar-refractivity contribution in [3.05, 3.63) is 29.8 Å². The minimum absolute atomic E-state index is 0.214. The highest BCUT2D eigenvalue weighted by atomic mass is 16.7. The topological polar surface area (TPSA) is 97.1 Å². The standard InChI is InChI=1S/C22H30N4O4/c1-15(2)10-21(27)24-13-18-6-7-19(14-24)25(18)12-16(3)26(22(28)29)30-20-8-4-17(11-23)5-9-20/h4-5,8-9,15-16,18-19H,6-7,10,12-14H2,1-3H3,(H,28,29). The molecule has 162 valence electrons. The Morgan fingerprint density at radius 3 is 2.30 bits per heavy atom. The highest BCUT2D eigenvalue weighted by Gasteiger charge is 2.42. The van der Waals surface area contributed by atoms with Gasteiger partial charge in [-0.2, -0.15) is 5.26 Å². The van der Waals surface area contributed by atoms with Gasteiger partial charge in [0.15, 0.2) is 5.75 Å².